The summed E-state index contributed by atoms with van der Waals surface area (Å²) in [6.45, 7) is 4.50. The van der Waals surface area contributed by atoms with E-state index in [9.17, 15) is 9.59 Å². The minimum absolute atomic E-state index is 0.0382. The molecule has 0 fully saturated rings. The smallest absolute Gasteiger partial charge is 0.435 e. The number of benzene rings is 1. The third-order valence-electron chi connectivity index (χ3n) is 2.42. The van der Waals surface area contributed by atoms with Gasteiger partial charge in [-0.25, -0.2) is 4.79 Å². The number of amides is 1. The number of ether oxygens (including phenoxy) is 2. The Morgan fingerprint density at radius 1 is 1.18 bits per heavy atom. The van der Waals surface area contributed by atoms with Crippen molar-refractivity contribution in [3.8, 4) is 5.75 Å². The highest BCUT2D eigenvalue weighted by Crippen LogP contribution is 2.14. The summed E-state index contributed by atoms with van der Waals surface area (Å²) >= 11 is 0. The van der Waals surface area contributed by atoms with Crippen LogP contribution in [-0.2, 0) is 21.0 Å². The lowest BCUT2D eigenvalue weighted by Crippen LogP contribution is -2.39. The summed E-state index contributed by atoms with van der Waals surface area (Å²) in [5.41, 5.74) is 0.0249. The second-order valence-corrected chi connectivity index (χ2v) is 5.53. The molecule has 0 unspecified atom stereocenters. The molecule has 0 bridgehead atoms. The van der Waals surface area contributed by atoms with Crippen molar-refractivity contribution in [2.75, 3.05) is 13.7 Å². The van der Waals surface area contributed by atoms with Crippen molar-refractivity contribution in [2.24, 2.45) is 0 Å². The molecule has 1 rings (SSSR count). The van der Waals surface area contributed by atoms with Crippen molar-refractivity contribution in [1.82, 2.24) is 5.06 Å². The normalized spacial score (nSPS) is 10.9. The topological polar surface area (TPSA) is 85.3 Å². The Labute approximate surface area is 129 Å². The Morgan fingerprint density at radius 3 is 2.23 bits per heavy atom. The average Bonchev–Trinajstić information content (AvgIpc) is 2.41. The van der Waals surface area contributed by atoms with Gasteiger partial charge in [0.1, 0.15) is 24.5 Å². The van der Waals surface area contributed by atoms with Crippen molar-refractivity contribution < 1.29 is 29.0 Å². The molecular formula is C15H21NO6. The van der Waals surface area contributed by atoms with Crippen molar-refractivity contribution in [1.29, 1.82) is 0 Å². The lowest BCUT2D eigenvalue weighted by molar-refractivity contribution is -0.173. The first-order valence-electron chi connectivity index (χ1n) is 6.69. The zero-order valence-corrected chi connectivity index (χ0v) is 13.2. The SMILES string of the molecule is COc1ccc(CON(CC(=O)O)C(=O)OC(C)(C)C)cc1. The van der Waals surface area contributed by atoms with Crippen LogP contribution in [0.4, 0.5) is 4.79 Å². The zero-order valence-electron chi connectivity index (χ0n) is 13.2. The number of hydrogen-bond acceptors (Lipinski definition) is 5. The van der Waals surface area contributed by atoms with E-state index in [4.69, 9.17) is 19.4 Å². The molecule has 0 heterocycles. The quantitative estimate of drug-likeness (QED) is 0.812. The predicted molar refractivity (Wildman–Crippen MR) is 78.4 cm³/mol. The van der Waals surface area contributed by atoms with Crippen molar-refractivity contribution >= 4 is 12.1 Å². The Bertz CT molecular complexity index is 506. The van der Waals surface area contributed by atoms with Crippen LogP contribution in [0.1, 0.15) is 26.3 Å². The van der Waals surface area contributed by atoms with Gasteiger partial charge in [-0.1, -0.05) is 12.1 Å². The third-order valence-corrected chi connectivity index (χ3v) is 2.42. The van der Waals surface area contributed by atoms with Gasteiger partial charge >= 0.3 is 12.1 Å². The van der Waals surface area contributed by atoms with Gasteiger partial charge in [-0.3, -0.25) is 9.63 Å². The Balaban J connectivity index is 2.67. The molecule has 0 atom stereocenters. The maximum absolute atomic E-state index is 11.9. The van der Waals surface area contributed by atoms with Gasteiger partial charge < -0.3 is 14.6 Å². The third kappa shape index (κ3) is 6.45. The van der Waals surface area contributed by atoms with E-state index >= 15 is 0 Å². The fraction of sp³-hybridized carbons (Fsp3) is 0.467. The van der Waals surface area contributed by atoms with Gasteiger partial charge in [-0.2, -0.15) is 5.06 Å². The molecule has 1 N–H and O–H groups in total. The predicted octanol–water partition coefficient (Wildman–Crippen LogP) is 2.45. The summed E-state index contributed by atoms with van der Waals surface area (Å²) in [6.07, 6.45) is -0.844. The van der Waals surface area contributed by atoms with E-state index in [-0.39, 0.29) is 6.61 Å². The van der Waals surface area contributed by atoms with Crippen molar-refractivity contribution in [3.63, 3.8) is 0 Å². The summed E-state index contributed by atoms with van der Waals surface area (Å²) in [5, 5.41) is 9.54. The highest BCUT2D eigenvalue weighted by atomic mass is 16.7. The van der Waals surface area contributed by atoms with E-state index < -0.39 is 24.2 Å². The number of rotatable bonds is 6. The van der Waals surface area contributed by atoms with E-state index in [0.717, 1.165) is 5.56 Å². The highest BCUT2D eigenvalue weighted by Gasteiger charge is 2.24. The number of carbonyl (C=O) groups is 2. The fourth-order valence-corrected chi connectivity index (χ4v) is 1.47. The minimum atomic E-state index is -1.19. The second-order valence-electron chi connectivity index (χ2n) is 5.53. The van der Waals surface area contributed by atoms with Gasteiger partial charge in [0.05, 0.1) is 7.11 Å². The van der Waals surface area contributed by atoms with Gasteiger partial charge in [0.15, 0.2) is 0 Å². The van der Waals surface area contributed by atoms with Gasteiger partial charge in [-0.15, -0.1) is 0 Å². The monoisotopic (exact) mass is 311 g/mol. The number of carboxylic acids is 1. The standard InChI is InChI=1S/C15H21NO6/c1-15(2,3)22-14(19)16(9-13(17)18)21-10-11-5-7-12(20-4)8-6-11/h5-8H,9-10H2,1-4H3,(H,17,18). The van der Waals surface area contributed by atoms with E-state index in [0.29, 0.717) is 10.8 Å². The number of hydrogen-bond donors (Lipinski definition) is 1. The summed E-state index contributed by atoms with van der Waals surface area (Å²) in [4.78, 5) is 28.0. The first-order chi connectivity index (χ1) is 10.2. The number of nitrogens with zero attached hydrogens (tertiary/aromatic N) is 1. The van der Waals surface area contributed by atoms with Crippen LogP contribution in [0.3, 0.4) is 0 Å². The Hall–Kier alpha value is -2.28. The molecule has 0 radical (unpaired) electrons. The molecule has 1 aromatic rings. The number of aliphatic carboxylic acids is 1. The highest BCUT2D eigenvalue weighted by molar-refractivity contribution is 5.76. The van der Waals surface area contributed by atoms with E-state index in [2.05, 4.69) is 0 Å². The van der Waals surface area contributed by atoms with Crippen LogP contribution in [0, 0.1) is 0 Å². The van der Waals surface area contributed by atoms with Crippen LogP contribution >= 0.6 is 0 Å². The molecule has 0 saturated carbocycles. The largest absolute Gasteiger partial charge is 0.497 e. The van der Waals surface area contributed by atoms with Gasteiger partial charge in [0.2, 0.25) is 0 Å². The summed E-state index contributed by atoms with van der Waals surface area (Å²) in [5.74, 6) is -0.501. The molecular weight excluding hydrogens is 290 g/mol. The molecule has 122 valence electrons. The molecule has 1 amide bonds. The Morgan fingerprint density at radius 2 is 1.77 bits per heavy atom. The van der Waals surface area contributed by atoms with Gasteiger partial charge in [0.25, 0.3) is 0 Å². The van der Waals surface area contributed by atoms with Gasteiger partial charge in [0, 0.05) is 0 Å². The number of carbonyl (C=O) groups excluding carboxylic acids is 1. The zero-order chi connectivity index (χ0) is 16.8. The molecule has 0 spiro atoms. The maximum atomic E-state index is 11.9. The molecule has 7 nitrogen and oxygen atoms in total. The van der Waals surface area contributed by atoms with Crippen molar-refractivity contribution in [3.05, 3.63) is 29.8 Å². The van der Waals surface area contributed by atoms with Crippen LogP contribution in [0.2, 0.25) is 0 Å². The van der Waals surface area contributed by atoms with E-state index in [1.165, 1.54) is 0 Å². The number of carboxylic acid groups (broad SMARTS) is 1. The van der Waals surface area contributed by atoms with Crippen molar-refractivity contribution in [2.45, 2.75) is 33.0 Å². The molecule has 7 heteroatoms. The molecule has 22 heavy (non-hydrogen) atoms. The average molecular weight is 311 g/mol. The summed E-state index contributed by atoms with van der Waals surface area (Å²) in [7, 11) is 1.56. The molecule has 0 aliphatic carbocycles. The molecule has 0 aliphatic rings. The van der Waals surface area contributed by atoms with E-state index in [1.807, 2.05) is 0 Å². The lowest BCUT2D eigenvalue weighted by Gasteiger charge is -2.25. The fourth-order valence-electron chi connectivity index (χ4n) is 1.47. The first kappa shape index (κ1) is 17.8. The van der Waals surface area contributed by atoms with Crippen LogP contribution in [0.15, 0.2) is 24.3 Å². The van der Waals surface area contributed by atoms with Crippen LogP contribution in [0.25, 0.3) is 0 Å². The maximum Gasteiger partial charge on any atom is 0.435 e. The minimum Gasteiger partial charge on any atom is -0.497 e. The molecule has 0 aliphatic heterocycles. The number of methoxy groups -OCH3 is 1. The molecule has 1 aromatic carbocycles. The number of hydroxylamine groups is 2. The van der Waals surface area contributed by atoms with Crippen LogP contribution in [-0.4, -0.2) is 41.5 Å². The van der Waals surface area contributed by atoms with Crippen LogP contribution in [0.5, 0.6) is 5.75 Å². The molecule has 0 saturated heterocycles. The first-order valence-corrected chi connectivity index (χ1v) is 6.69. The molecule has 0 aromatic heterocycles. The summed E-state index contributed by atoms with van der Waals surface area (Å²) in [6, 6.07) is 7.00. The van der Waals surface area contributed by atoms with E-state index in [1.54, 1.807) is 52.1 Å². The van der Waals surface area contributed by atoms with Gasteiger partial charge in [-0.05, 0) is 38.5 Å². The second kappa shape index (κ2) is 7.65. The lowest BCUT2D eigenvalue weighted by atomic mass is 10.2. The Kier molecular flexibility index (Phi) is 6.18. The summed E-state index contributed by atoms with van der Waals surface area (Å²) < 4.78 is 10.1. The van der Waals surface area contributed by atoms with Crippen LogP contribution < -0.4 is 4.74 Å².